The molecule has 0 aromatic carbocycles. The number of hydrogen-bond donors (Lipinski definition) is 2. The summed E-state index contributed by atoms with van der Waals surface area (Å²) >= 11 is 5.64. The summed E-state index contributed by atoms with van der Waals surface area (Å²) in [6.07, 6.45) is 3.43. The Balaban J connectivity index is 2.52. The van der Waals surface area contributed by atoms with Crippen LogP contribution in [0.2, 0.25) is 5.02 Å². The molecule has 0 bridgehead atoms. The van der Waals surface area contributed by atoms with Crippen LogP contribution in [0.1, 0.15) is 13.3 Å². The summed E-state index contributed by atoms with van der Waals surface area (Å²) in [5, 5.41) is 13.2. The van der Waals surface area contributed by atoms with Gasteiger partial charge < -0.3 is 10.8 Å². The molecule has 0 saturated carbocycles. The fourth-order valence-corrected chi connectivity index (χ4v) is 1.07. The lowest BCUT2D eigenvalue weighted by molar-refractivity contribution is -0.143. The quantitative estimate of drug-likeness (QED) is 0.779. The average Bonchev–Trinajstić information content (AvgIpc) is 2.48. The number of aromatic nitrogens is 2. The Morgan fingerprint density at radius 2 is 2.50 bits per heavy atom. The number of nitrogens with zero attached hydrogens (tertiary/aromatic N) is 2. The van der Waals surface area contributed by atoms with E-state index in [-0.39, 0.29) is 0 Å². The fraction of sp³-hybridized carbons (Fsp3) is 0.500. The highest BCUT2D eigenvalue weighted by Gasteiger charge is 2.27. The normalized spacial score (nSPS) is 15.1. The summed E-state index contributed by atoms with van der Waals surface area (Å²) < 4.78 is 1.57. The van der Waals surface area contributed by atoms with Gasteiger partial charge in [0.25, 0.3) is 0 Å². The van der Waals surface area contributed by atoms with Crippen LogP contribution in [-0.2, 0) is 11.3 Å². The van der Waals surface area contributed by atoms with E-state index in [4.69, 9.17) is 22.4 Å². The van der Waals surface area contributed by atoms with Gasteiger partial charge in [0, 0.05) is 12.7 Å². The molecule has 3 N–H and O–H groups in total. The smallest absolute Gasteiger partial charge is 0.323 e. The molecule has 0 aliphatic carbocycles. The number of carboxylic acid groups (broad SMARTS) is 1. The van der Waals surface area contributed by atoms with Gasteiger partial charge in [-0.15, -0.1) is 0 Å². The Bertz CT molecular complexity index is 335. The number of carbonyl (C=O) groups is 1. The molecule has 0 aliphatic rings. The molecule has 0 saturated heterocycles. The number of rotatable bonds is 4. The van der Waals surface area contributed by atoms with Gasteiger partial charge in [0.05, 0.1) is 11.2 Å². The predicted molar refractivity (Wildman–Crippen MR) is 52.1 cm³/mol. The van der Waals surface area contributed by atoms with Crippen molar-refractivity contribution in [2.75, 3.05) is 0 Å². The Labute approximate surface area is 86.5 Å². The number of nitrogens with two attached hydrogens (primary N) is 1. The van der Waals surface area contributed by atoms with Crippen LogP contribution < -0.4 is 5.73 Å². The van der Waals surface area contributed by atoms with E-state index in [9.17, 15) is 4.79 Å². The molecule has 5 nitrogen and oxygen atoms in total. The van der Waals surface area contributed by atoms with Crippen LogP contribution in [0.15, 0.2) is 12.4 Å². The molecule has 78 valence electrons. The number of aryl methyl sites for hydroxylation is 1. The molecule has 1 unspecified atom stereocenters. The lowest BCUT2D eigenvalue weighted by Crippen LogP contribution is -2.45. The van der Waals surface area contributed by atoms with Crippen molar-refractivity contribution >= 4 is 17.6 Å². The second kappa shape index (κ2) is 3.98. The second-order valence-electron chi connectivity index (χ2n) is 3.39. The molecular weight excluding hydrogens is 206 g/mol. The third-order valence-electron chi connectivity index (χ3n) is 1.95. The van der Waals surface area contributed by atoms with Crippen LogP contribution in [0.4, 0.5) is 0 Å². The highest BCUT2D eigenvalue weighted by Crippen LogP contribution is 2.10. The average molecular weight is 218 g/mol. The third kappa shape index (κ3) is 2.71. The van der Waals surface area contributed by atoms with Gasteiger partial charge >= 0.3 is 5.97 Å². The maximum atomic E-state index is 10.7. The first kappa shape index (κ1) is 11.0. The van der Waals surface area contributed by atoms with Crippen LogP contribution >= 0.6 is 11.6 Å². The second-order valence-corrected chi connectivity index (χ2v) is 3.83. The summed E-state index contributed by atoms with van der Waals surface area (Å²) in [6, 6.07) is 0. The van der Waals surface area contributed by atoms with Crippen molar-refractivity contribution in [3.8, 4) is 0 Å². The van der Waals surface area contributed by atoms with Gasteiger partial charge in [-0.05, 0) is 13.3 Å². The molecule has 1 heterocycles. The van der Waals surface area contributed by atoms with E-state index in [1.807, 2.05) is 0 Å². The first-order chi connectivity index (χ1) is 6.42. The zero-order chi connectivity index (χ0) is 10.8. The monoisotopic (exact) mass is 217 g/mol. The van der Waals surface area contributed by atoms with E-state index in [0.29, 0.717) is 18.0 Å². The Morgan fingerprint density at radius 1 is 1.86 bits per heavy atom. The summed E-state index contributed by atoms with van der Waals surface area (Å²) in [6.45, 7) is 1.91. The number of aliphatic carboxylic acids is 1. The van der Waals surface area contributed by atoms with E-state index in [2.05, 4.69) is 5.10 Å². The Morgan fingerprint density at radius 3 is 2.93 bits per heavy atom. The Hall–Kier alpha value is -1.07. The lowest BCUT2D eigenvalue weighted by Gasteiger charge is -2.18. The van der Waals surface area contributed by atoms with Crippen molar-refractivity contribution in [1.29, 1.82) is 0 Å². The van der Waals surface area contributed by atoms with Crippen molar-refractivity contribution < 1.29 is 9.90 Å². The molecule has 0 aliphatic heterocycles. The highest BCUT2D eigenvalue weighted by molar-refractivity contribution is 6.30. The molecule has 0 spiro atoms. The summed E-state index contributed by atoms with van der Waals surface area (Å²) in [5.41, 5.74) is 4.32. The van der Waals surface area contributed by atoms with E-state index < -0.39 is 11.5 Å². The fourth-order valence-electron chi connectivity index (χ4n) is 0.914. The van der Waals surface area contributed by atoms with Crippen molar-refractivity contribution in [3.63, 3.8) is 0 Å². The summed E-state index contributed by atoms with van der Waals surface area (Å²) in [5.74, 6) is -1.02. The van der Waals surface area contributed by atoms with Gasteiger partial charge in [0.2, 0.25) is 0 Å². The van der Waals surface area contributed by atoms with Gasteiger partial charge in [0.15, 0.2) is 0 Å². The molecule has 0 radical (unpaired) electrons. The molecule has 0 fully saturated rings. The van der Waals surface area contributed by atoms with Gasteiger partial charge in [-0.2, -0.15) is 5.10 Å². The molecule has 1 aromatic rings. The van der Waals surface area contributed by atoms with E-state index in [1.54, 1.807) is 10.9 Å². The maximum absolute atomic E-state index is 10.7. The topological polar surface area (TPSA) is 81.1 Å². The minimum absolute atomic E-state index is 0.306. The van der Waals surface area contributed by atoms with E-state index in [0.717, 1.165) is 0 Å². The van der Waals surface area contributed by atoms with Crippen LogP contribution in [-0.4, -0.2) is 26.4 Å². The van der Waals surface area contributed by atoms with Crippen molar-refractivity contribution in [1.82, 2.24) is 9.78 Å². The lowest BCUT2D eigenvalue weighted by atomic mass is 10.00. The molecule has 1 aromatic heterocycles. The minimum Gasteiger partial charge on any atom is -0.480 e. The van der Waals surface area contributed by atoms with Gasteiger partial charge in [-0.25, -0.2) is 0 Å². The first-order valence-corrected chi connectivity index (χ1v) is 4.50. The minimum atomic E-state index is -1.22. The Kier molecular flexibility index (Phi) is 3.13. The molecule has 0 amide bonds. The predicted octanol–water partition coefficient (Wildman–Crippen LogP) is 0.729. The van der Waals surface area contributed by atoms with Crippen LogP contribution in [0, 0.1) is 0 Å². The SMILES string of the molecule is CC(N)(CCn1cc(Cl)cn1)C(=O)O. The molecule has 6 heteroatoms. The van der Waals surface area contributed by atoms with Crippen LogP contribution in [0.5, 0.6) is 0 Å². The van der Waals surface area contributed by atoms with Crippen LogP contribution in [0.25, 0.3) is 0 Å². The largest absolute Gasteiger partial charge is 0.480 e. The first-order valence-electron chi connectivity index (χ1n) is 4.12. The number of halogens is 1. The molecule has 1 rings (SSSR count). The zero-order valence-electron chi connectivity index (χ0n) is 7.77. The van der Waals surface area contributed by atoms with Crippen molar-refractivity contribution in [2.24, 2.45) is 5.73 Å². The summed E-state index contributed by atoms with van der Waals surface area (Å²) in [7, 11) is 0. The van der Waals surface area contributed by atoms with E-state index >= 15 is 0 Å². The van der Waals surface area contributed by atoms with Gasteiger partial charge in [0.1, 0.15) is 5.54 Å². The number of carboxylic acids is 1. The van der Waals surface area contributed by atoms with Crippen molar-refractivity contribution in [2.45, 2.75) is 25.4 Å². The number of hydrogen-bond acceptors (Lipinski definition) is 3. The molecular formula is C8H12ClN3O2. The molecule has 14 heavy (non-hydrogen) atoms. The van der Waals surface area contributed by atoms with Crippen molar-refractivity contribution in [3.05, 3.63) is 17.4 Å². The van der Waals surface area contributed by atoms with E-state index in [1.165, 1.54) is 13.1 Å². The third-order valence-corrected chi connectivity index (χ3v) is 2.15. The summed E-state index contributed by atoms with van der Waals surface area (Å²) in [4.78, 5) is 10.7. The van der Waals surface area contributed by atoms with Gasteiger partial charge in [-0.1, -0.05) is 11.6 Å². The standard InChI is InChI=1S/C8H12ClN3O2/c1-8(10,7(13)14)2-3-12-5-6(9)4-11-12/h4-5H,2-3,10H2,1H3,(H,13,14). The zero-order valence-corrected chi connectivity index (χ0v) is 8.53. The molecule has 1 atom stereocenters. The van der Waals surface area contributed by atoms with Gasteiger partial charge in [-0.3, -0.25) is 9.48 Å². The highest BCUT2D eigenvalue weighted by atomic mass is 35.5. The maximum Gasteiger partial charge on any atom is 0.323 e. The van der Waals surface area contributed by atoms with Crippen LogP contribution in [0.3, 0.4) is 0 Å².